The van der Waals surface area contributed by atoms with Gasteiger partial charge in [0.2, 0.25) is 0 Å². The minimum Gasteiger partial charge on any atom is -0.314 e. The van der Waals surface area contributed by atoms with Gasteiger partial charge in [0, 0.05) is 22.8 Å². The molecule has 0 aliphatic heterocycles. The molecule has 27 heavy (non-hydrogen) atoms. The summed E-state index contributed by atoms with van der Waals surface area (Å²) in [7, 11) is -6.35. The molecule has 2 aromatic carbocycles. The fourth-order valence-electron chi connectivity index (χ4n) is 2.94. The summed E-state index contributed by atoms with van der Waals surface area (Å²) in [5, 5.41) is 4.60. The van der Waals surface area contributed by atoms with E-state index < -0.39 is 14.9 Å². The molecule has 0 aromatic heterocycles. The molecule has 0 bridgehead atoms. The minimum absolute atomic E-state index is 0.274. The van der Waals surface area contributed by atoms with Gasteiger partial charge in [-0.2, -0.15) is 0 Å². The molecular formula is C20H29NO4P2. The summed E-state index contributed by atoms with van der Waals surface area (Å²) >= 11 is 0. The summed E-state index contributed by atoms with van der Waals surface area (Å²) in [5.41, 5.74) is 0. The first-order valence-corrected chi connectivity index (χ1v) is 12.8. The number of rotatable bonds is 11. The summed E-state index contributed by atoms with van der Waals surface area (Å²) in [6.07, 6.45) is 0.982. The van der Waals surface area contributed by atoms with Crippen LogP contribution in [0.2, 0.25) is 0 Å². The van der Waals surface area contributed by atoms with Crippen molar-refractivity contribution in [3.8, 4) is 0 Å². The fraction of sp³-hybridized carbons (Fsp3) is 0.400. The van der Waals surface area contributed by atoms with Gasteiger partial charge in [-0.15, -0.1) is 0 Å². The van der Waals surface area contributed by atoms with Crippen LogP contribution in [-0.4, -0.2) is 25.4 Å². The summed E-state index contributed by atoms with van der Waals surface area (Å²) in [6, 6.07) is 18.7. The van der Waals surface area contributed by atoms with Crippen LogP contribution in [0, 0.1) is 0 Å². The van der Waals surface area contributed by atoms with Crippen LogP contribution in [0.4, 0.5) is 0 Å². The third kappa shape index (κ3) is 5.88. The fourth-order valence-corrected chi connectivity index (χ4v) is 7.71. The lowest BCUT2D eigenvalue weighted by Crippen LogP contribution is -2.34. The average molecular weight is 409 g/mol. The predicted octanol–water partition coefficient (Wildman–Crippen LogP) is 4.55. The van der Waals surface area contributed by atoms with Crippen LogP contribution in [0.3, 0.4) is 0 Å². The average Bonchev–Trinajstić information content (AvgIpc) is 2.69. The summed E-state index contributed by atoms with van der Waals surface area (Å²) in [4.78, 5) is 0. The highest BCUT2D eigenvalue weighted by atomic mass is 31.2. The second-order valence-corrected chi connectivity index (χ2v) is 10.8. The van der Waals surface area contributed by atoms with Crippen molar-refractivity contribution in [1.29, 1.82) is 0 Å². The maximum Gasteiger partial charge on any atom is 0.405 e. The summed E-state index contributed by atoms with van der Waals surface area (Å²) in [5.74, 6) is 0. The van der Waals surface area contributed by atoms with Gasteiger partial charge in [0.25, 0.3) is 0 Å². The van der Waals surface area contributed by atoms with Crippen LogP contribution in [-0.2, 0) is 18.2 Å². The van der Waals surface area contributed by atoms with Crippen molar-refractivity contribution in [2.24, 2.45) is 0 Å². The third-order valence-corrected chi connectivity index (χ3v) is 9.35. The minimum atomic E-state index is -3.43. The molecule has 0 amide bonds. The Labute approximate surface area is 162 Å². The molecule has 0 heterocycles. The number of hydrogen-bond donors (Lipinski definition) is 1. The first kappa shape index (κ1) is 22.1. The van der Waals surface area contributed by atoms with E-state index in [1.165, 1.54) is 0 Å². The topological polar surface area (TPSA) is 64.6 Å². The monoisotopic (exact) mass is 409 g/mol. The van der Waals surface area contributed by atoms with Crippen LogP contribution < -0.4 is 15.7 Å². The largest absolute Gasteiger partial charge is 0.405 e. The SMILES string of the molecule is CCOP(=O)(NC(CC)CP(=O)(c1ccccc1)c1ccccc1)OCC. The second kappa shape index (κ2) is 10.4. The Bertz CT molecular complexity index is 730. The lowest BCUT2D eigenvalue weighted by Gasteiger charge is -2.28. The Morgan fingerprint density at radius 1 is 0.815 bits per heavy atom. The van der Waals surface area contributed by atoms with Crippen LogP contribution in [0.1, 0.15) is 27.2 Å². The lowest BCUT2D eigenvalue weighted by atomic mass is 10.3. The van der Waals surface area contributed by atoms with Gasteiger partial charge in [0.05, 0.1) is 13.2 Å². The summed E-state index contributed by atoms with van der Waals surface area (Å²) < 4.78 is 37.8. The Hall–Kier alpha value is -1.22. The van der Waals surface area contributed by atoms with Crippen molar-refractivity contribution < 1.29 is 18.2 Å². The molecule has 2 aromatic rings. The van der Waals surface area contributed by atoms with Crippen molar-refractivity contribution in [2.45, 2.75) is 33.2 Å². The van der Waals surface area contributed by atoms with E-state index in [1.54, 1.807) is 13.8 Å². The van der Waals surface area contributed by atoms with Gasteiger partial charge in [-0.1, -0.05) is 67.6 Å². The van der Waals surface area contributed by atoms with Gasteiger partial charge in [-0.3, -0.25) is 9.05 Å². The quantitative estimate of drug-likeness (QED) is 0.552. The molecule has 1 N–H and O–H groups in total. The van der Waals surface area contributed by atoms with E-state index >= 15 is 0 Å². The van der Waals surface area contributed by atoms with E-state index in [9.17, 15) is 9.13 Å². The Kier molecular flexibility index (Phi) is 8.47. The van der Waals surface area contributed by atoms with Crippen molar-refractivity contribution in [3.63, 3.8) is 0 Å². The van der Waals surface area contributed by atoms with Gasteiger partial charge >= 0.3 is 7.75 Å². The molecule has 5 nitrogen and oxygen atoms in total. The number of hydrogen-bond acceptors (Lipinski definition) is 4. The van der Waals surface area contributed by atoms with Gasteiger partial charge < -0.3 is 4.57 Å². The van der Waals surface area contributed by atoms with Crippen molar-refractivity contribution in [3.05, 3.63) is 60.7 Å². The van der Waals surface area contributed by atoms with E-state index in [1.807, 2.05) is 67.6 Å². The van der Waals surface area contributed by atoms with E-state index in [2.05, 4.69) is 5.09 Å². The molecule has 148 valence electrons. The van der Waals surface area contributed by atoms with Gasteiger partial charge in [-0.05, 0) is 20.3 Å². The first-order chi connectivity index (χ1) is 13.0. The van der Waals surface area contributed by atoms with Gasteiger partial charge in [0.15, 0.2) is 0 Å². The second-order valence-electron chi connectivity index (χ2n) is 6.16. The molecule has 2 rings (SSSR count). The van der Waals surface area contributed by atoms with E-state index in [4.69, 9.17) is 9.05 Å². The molecule has 1 atom stereocenters. The lowest BCUT2D eigenvalue weighted by molar-refractivity contribution is 0.207. The van der Waals surface area contributed by atoms with Crippen LogP contribution in [0.5, 0.6) is 0 Å². The maximum absolute atomic E-state index is 14.2. The van der Waals surface area contributed by atoms with Crippen molar-refractivity contribution in [1.82, 2.24) is 5.09 Å². The molecule has 7 heteroatoms. The predicted molar refractivity (Wildman–Crippen MR) is 113 cm³/mol. The smallest absolute Gasteiger partial charge is 0.314 e. The number of nitrogens with one attached hydrogen (secondary N) is 1. The standard InChI is InChI=1S/C20H29NO4P2/c1-4-18(21-27(23,24-5-2)25-6-3)17-26(22,19-13-9-7-10-14-19)20-15-11-8-12-16-20/h7-16,18H,4-6,17H2,1-3H3,(H,21,23). The van der Waals surface area contributed by atoms with Crippen molar-refractivity contribution >= 4 is 25.5 Å². The molecule has 0 saturated carbocycles. The normalized spacial score (nSPS) is 13.4. The van der Waals surface area contributed by atoms with E-state index in [0.29, 0.717) is 12.6 Å². The molecule has 0 saturated heterocycles. The molecule has 0 aliphatic rings. The molecule has 0 fully saturated rings. The highest BCUT2D eigenvalue weighted by molar-refractivity contribution is 7.78. The molecule has 0 radical (unpaired) electrons. The third-order valence-electron chi connectivity index (χ3n) is 4.26. The molecule has 0 aliphatic carbocycles. The number of benzene rings is 2. The first-order valence-electron chi connectivity index (χ1n) is 9.34. The highest BCUT2D eigenvalue weighted by Gasteiger charge is 2.34. The Balaban J connectivity index is 2.36. The highest BCUT2D eigenvalue weighted by Crippen LogP contribution is 2.48. The van der Waals surface area contributed by atoms with Crippen LogP contribution in [0.25, 0.3) is 0 Å². The summed E-state index contributed by atoms with van der Waals surface area (Å²) in [6.45, 7) is 6.06. The van der Waals surface area contributed by atoms with Crippen LogP contribution >= 0.6 is 14.9 Å². The van der Waals surface area contributed by atoms with Crippen molar-refractivity contribution in [2.75, 3.05) is 19.4 Å². The van der Waals surface area contributed by atoms with Gasteiger partial charge in [0.1, 0.15) is 7.14 Å². The van der Waals surface area contributed by atoms with E-state index in [-0.39, 0.29) is 19.3 Å². The zero-order valence-corrected chi connectivity index (χ0v) is 18.0. The zero-order valence-electron chi connectivity index (χ0n) is 16.2. The molecule has 0 spiro atoms. The van der Waals surface area contributed by atoms with E-state index in [0.717, 1.165) is 10.6 Å². The molecule has 1 unspecified atom stereocenters. The molecular weight excluding hydrogens is 380 g/mol. The Morgan fingerprint density at radius 3 is 1.63 bits per heavy atom. The van der Waals surface area contributed by atoms with Crippen LogP contribution in [0.15, 0.2) is 60.7 Å². The maximum atomic E-state index is 14.2. The Morgan fingerprint density at radius 2 is 1.26 bits per heavy atom. The van der Waals surface area contributed by atoms with Gasteiger partial charge in [-0.25, -0.2) is 9.65 Å². The zero-order chi connectivity index (χ0) is 19.8.